The molecule has 1 amide bonds. The van der Waals surface area contributed by atoms with Crippen molar-refractivity contribution in [3.05, 3.63) is 29.6 Å². The topological polar surface area (TPSA) is 46.3 Å². The molecule has 5 heteroatoms. The maximum absolute atomic E-state index is 12.9. The van der Waals surface area contributed by atoms with Gasteiger partial charge in [0, 0.05) is 18.7 Å². The van der Waals surface area contributed by atoms with Gasteiger partial charge < -0.3 is 10.6 Å². The average Bonchev–Trinajstić information content (AvgIpc) is 2.74. The highest BCUT2D eigenvalue weighted by atomic mass is 35.5. The monoisotopic (exact) mass is 244 g/mol. The van der Waals surface area contributed by atoms with E-state index in [1.165, 1.54) is 18.2 Å². The smallest absolute Gasteiger partial charge is 0.253 e. The van der Waals surface area contributed by atoms with Crippen LogP contribution in [0, 0.1) is 5.82 Å². The standard InChI is InChI=1S/C11H13FN2O.ClH/c12-9-4-3-8(7-10(9)13)11(15)14-5-1-2-6-14;/h3-4,7H,1-2,5-6,13H2;1H. The van der Waals surface area contributed by atoms with Crippen LogP contribution in [-0.2, 0) is 0 Å². The van der Waals surface area contributed by atoms with E-state index in [9.17, 15) is 9.18 Å². The molecule has 1 fully saturated rings. The number of hydrogen-bond acceptors (Lipinski definition) is 2. The number of hydrogen-bond donors (Lipinski definition) is 1. The molecule has 16 heavy (non-hydrogen) atoms. The molecule has 0 bridgehead atoms. The molecule has 0 aliphatic carbocycles. The summed E-state index contributed by atoms with van der Waals surface area (Å²) in [5.74, 6) is -0.535. The molecule has 1 aromatic rings. The van der Waals surface area contributed by atoms with E-state index in [-0.39, 0.29) is 24.0 Å². The van der Waals surface area contributed by atoms with Crippen molar-refractivity contribution >= 4 is 24.0 Å². The van der Waals surface area contributed by atoms with Gasteiger partial charge in [-0.25, -0.2) is 4.39 Å². The lowest BCUT2D eigenvalue weighted by molar-refractivity contribution is 0.0793. The van der Waals surface area contributed by atoms with Gasteiger partial charge in [0.2, 0.25) is 0 Å². The number of nitrogen functional groups attached to an aromatic ring is 1. The number of anilines is 1. The molecule has 1 aliphatic rings. The Morgan fingerprint density at radius 1 is 1.31 bits per heavy atom. The first-order valence-electron chi connectivity index (χ1n) is 5.03. The van der Waals surface area contributed by atoms with Crippen LogP contribution < -0.4 is 5.73 Å². The van der Waals surface area contributed by atoms with Gasteiger partial charge in [0.25, 0.3) is 5.91 Å². The second-order valence-electron chi connectivity index (χ2n) is 3.74. The van der Waals surface area contributed by atoms with Crippen LogP contribution in [0.15, 0.2) is 18.2 Å². The zero-order chi connectivity index (χ0) is 10.8. The number of carbonyl (C=O) groups excluding carboxylic acids is 1. The Bertz CT molecular complexity index is 392. The fraction of sp³-hybridized carbons (Fsp3) is 0.364. The summed E-state index contributed by atoms with van der Waals surface area (Å²) in [5, 5.41) is 0. The van der Waals surface area contributed by atoms with Crippen molar-refractivity contribution < 1.29 is 9.18 Å². The molecule has 1 heterocycles. The number of nitrogens with two attached hydrogens (primary N) is 1. The minimum Gasteiger partial charge on any atom is -0.396 e. The van der Waals surface area contributed by atoms with Crippen LogP contribution in [0.4, 0.5) is 10.1 Å². The number of halogens is 2. The van der Waals surface area contributed by atoms with Crippen molar-refractivity contribution in [2.24, 2.45) is 0 Å². The molecule has 1 saturated heterocycles. The zero-order valence-electron chi connectivity index (χ0n) is 8.78. The predicted molar refractivity (Wildman–Crippen MR) is 63.2 cm³/mol. The van der Waals surface area contributed by atoms with Crippen molar-refractivity contribution in [2.75, 3.05) is 18.8 Å². The molecule has 0 atom stereocenters. The molecule has 0 radical (unpaired) electrons. The molecule has 2 rings (SSSR count). The highest BCUT2D eigenvalue weighted by molar-refractivity contribution is 5.95. The van der Waals surface area contributed by atoms with Gasteiger partial charge in [-0.3, -0.25) is 4.79 Å². The predicted octanol–water partition coefficient (Wildman–Crippen LogP) is 2.07. The molecule has 1 aliphatic heterocycles. The van der Waals surface area contributed by atoms with E-state index in [4.69, 9.17) is 5.73 Å². The quantitative estimate of drug-likeness (QED) is 0.769. The van der Waals surface area contributed by atoms with Gasteiger partial charge in [-0.2, -0.15) is 0 Å². The van der Waals surface area contributed by atoms with E-state index in [1.807, 2.05) is 0 Å². The second kappa shape index (κ2) is 5.16. The minimum absolute atomic E-state index is 0. The van der Waals surface area contributed by atoms with Crippen LogP contribution in [0.5, 0.6) is 0 Å². The van der Waals surface area contributed by atoms with Crippen LogP contribution in [0.25, 0.3) is 0 Å². The minimum atomic E-state index is -0.479. The van der Waals surface area contributed by atoms with Crippen LogP contribution in [0.3, 0.4) is 0 Å². The fourth-order valence-corrected chi connectivity index (χ4v) is 1.78. The SMILES string of the molecule is Cl.Nc1cc(C(=O)N2CCCC2)ccc1F. The van der Waals surface area contributed by atoms with Gasteiger partial charge in [0.15, 0.2) is 0 Å². The lowest BCUT2D eigenvalue weighted by Crippen LogP contribution is -2.27. The molecule has 0 unspecified atom stereocenters. The Labute approximate surface area is 99.8 Å². The largest absolute Gasteiger partial charge is 0.396 e. The first-order valence-corrected chi connectivity index (χ1v) is 5.03. The number of likely N-dealkylation sites (tertiary alicyclic amines) is 1. The summed E-state index contributed by atoms with van der Waals surface area (Å²) < 4.78 is 12.9. The van der Waals surface area contributed by atoms with E-state index in [0.717, 1.165) is 25.9 Å². The van der Waals surface area contributed by atoms with Crippen molar-refractivity contribution in [1.82, 2.24) is 4.90 Å². The summed E-state index contributed by atoms with van der Waals surface area (Å²) >= 11 is 0. The number of benzene rings is 1. The Balaban J connectivity index is 0.00000128. The van der Waals surface area contributed by atoms with E-state index in [0.29, 0.717) is 5.56 Å². The molecular formula is C11H14ClFN2O. The van der Waals surface area contributed by atoms with E-state index in [1.54, 1.807) is 4.90 Å². The van der Waals surface area contributed by atoms with Gasteiger partial charge in [-0.05, 0) is 31.0 Å². The molecule has 88 valence electrons. The van der Waals surface area contributed by atoms with Crippen molar-refractivity contribution in [3.8, 4) is 0 Å². The van der Waals surface area contributed by atoms with Crippen LogP contribution in [0.1, 0.15) is 23.2 Å². The van der Waals surface area contributed by atoms with Gasteiger partial charge >= 0.3 is 0 Å². The summed E-state index contributed by atoms with van der Waals surface area (Å²) in [5.41, 5.74) is 5.91. The normalized spacial score (nSPS) is 14.7. The maximum Gasteiger partial charge on any atom is 0.253 e. The molecule has 1 aromatic carbocycles. The lowest BCUT2D eigenvalue weighted by atomic mass is 10.1. The first-order chi connectivity index (χ1) is 7.18. The lowest BCUT2D eigenvalue weighted by Gasteiger charge is -2.15. The van der Waals surface area contributed by atoms with Gasteiger partial charge in [-0.15, -0.1) is 12.4 Å². The highest BCUT2D eigenvalue weighted by Crippen LogP contribution is 2.16. The molecule has 0 aromatic heterocycles. The third-order valence-electron chi connectivity index (χ3n) is 2.64. The summed E-state index contributed by atoms with van der Waals surface area (Å²) in [7, 11) is 0. The number of carbonyl (C=O) groups is 1. The molecule has 0 saturated carbocycles. The summed E-state index contributed by atoms with van der Waals surface area (Å²) in [6, 6.07) is 4.11. The van der Waals surface area contributed by atoms with Crippen molar-refractivity contribution in [1.29, 1.82) is 0 Å². The Morgan fingerprint density at radius 2 is 1.94 bits per heavy atom. The fourth-order valence-electron chi connectivity index (χ4n) is 1.78. The van der Waals surface area contributed by atoms with Crippen molar-refractivity contribution in [2.45, 2.75) is 12.8 Å². The molecule has 0 spiro atoms. The van der Waals surface area contributed by atoms with E-state index in [2.05, 4.69) is 0 Å². The van der Waals surface area contributed by atoms with E-state index < -0.39 is 5.82 Å². The van der Waals surface area contributed by atoms with Crippen LogP contribution >= 0.6 is 12.4 Å². The highest BCUT2D eigenvalue weighted by Gasteiger charge is 2.19. The van der Waals surface area contributed by atoms with Gasteiger partial charge in [-0.1, -0.05) is 0 Å². The number of nitrogens with zero attached hydrogens (tertiary/aromatic N) is 1. The van der Waals surface area contributed by atoms with Gasteiger partial charge in [0.05, 0.1) is 5.69 Å². The third kappa shape index (κ3) is 2.44. The Morgan fingerprint density at radius 3 is 2.50 bits per heavy atom. The third-order valence-corrected chi connectivity index (χ3v) is 2.64. The summed E-state index contributed by atoms with van der Waals surface area (Å²) in [6.07, 6.45) is 2.09. The Kier molecular flexibility index (Phi) is 4.12. The summed E-state index contributed by atoms with van der Waals surface area (Å²) in [4.78, 5) is 13.6. The van der Waals surface area contributed by atoms with Crippen LogP contribution in [-0.4, -0.2) is 23.9 Å². The first kappa shape index (κ1) is 12.8. The van der Waals surface area contributed by atoms with E-state index >= 15 is 0 Å². The molecular weight excluding hydrogens is 231 g/mol. The zero-order valence-corrected chi connectivity index (χ0v) is 9.60. The van der Waals surface area contributed by atoms with Crippen LogP contribution in [0.2, 0.25) is 0 Å². The van der Waals surface area contributed by atoms with Gasteiger partial charge in [0.1, 0.15) is 5.82 Å². The molecule has 2 N–H and O–H groups in total. The number of amides is 1. The summed E-state index contributed by atoms with van der Waals surface area (Å²) in [6.45, 7) is 1.58. The molecule has 3 nitrogen and oxygen atoms in total. The second-order valence-corrected chi connectivity index (χ2v) is 3.74. The number of rotatable bonds is 1. The maximum atomic E-state index is 12.9. The Hall–Kier alpha value is -1.29. The van der Waals surface area contributed by atoms with Crippen molar-refractivity contribution in [3.63, 3.8) is 0 Å². The average molecular weight is 245 g/mol.